The second-order valence-electron chi connectivity index (χ2n) is 6.66. The zero-order valence-electron chi connectivity index (χ0n) is 16.3. The predicted octanol–water partition coefficient (Wildman–Crippen LogP) is 4.39. The van der Waals surface area contributed by atoms with Crippen LogP contribution in [-0.4, -0.2) is 32.6 Å². The smallest absolute Gasteiger partial charge is 0.226 e. The number of aryl methyl sites for hydroxylation is 2. The Labute approximate surface area is 182 Å². The van der Waals surface area contributed by atoms with Crippen molar-refractivity contribution in [3.8, 4) is 22.0 Å². The fourth-order valence-corrected chi connectivity index (χ4v) is 4.40. The van der Waals surface area contributed by atoms with E-state index in [9.17, 15) is 4.79 Å². The minimum absolute atomic E-state index is 0.0459. The van der Waals surface area contributed by atoms with Crippen molar-refractivity contribution in [2.45, 2.75) is 32.1 Å². The first-order chi connectivity index (χ1) is 14.8. The molecule has 1 amide bonds. The number of nitrogens with one attached hydrogen (secondary N) is 1. The molecule has 4 aromatic heterocycles. The molecule has 1 N–H and O–H groups in total. The van der Waals surface area contributed by atoms with Crippen molar-refractivity contribution in [1.29, 1.82) is 0 Å². The maximum absolute atomic E-state index is 12.0. The molecule has 9 heteroatoms. The van der Waals surface area contributed by atoms with Crippen LogP contribution in [0.5, 0.6) is 0 Å². The normalized spacial score (nSPS) is 10.9. The average Bonchev–Trinajstić information content (AvgIpc) is 3.53. The lowest BCUT2D eigenvalue weighted by molar-refractivity contribution is -0.121. The first kappa shape index (κ1) is 20.4. The molecular weight excluding hydrogens is 418 g/mol. The van der Waals surface area contributed by atoms with Gasteiger partial charge in [0.15, 0.2) is 0 Å². The third-order valence-electron chi connectivity index (χ3n) is 4.42. The number of amides is 1. The molecule has 0 aliphatic rings. The number of hydrogen-bond acceptors (Lipinski definition) is 8. The van der Waals surface area contributed by atoms with Crippen LogP contribution < -0.4 is 5.32 Å². The van der Waals surface area contributed by atoms with Crippen LogP contribution in [0.3, 0.4) is 0 Å². The van der Waals surface area contributed by atoms with Gasteiger partial charge in [-0.15, -0.1) is 22.7 Å². The minimum Gasteiger partial charge on any atom is -0.356 e. The minimum atomic E-state index is 0.0459. The Hall–Kier alpha value is -2.91. The zero-order chi connectivity index (χ0) is 20.6. The number of thiophene rings is 1. The van der Waals surface area contributed by atoms with Gasteiger partial charge in [-0.2, -0.15) is 4.98 Å². The van der Waals surface area contributed by atoms with Crippen molar-refractivity contribution >= 4 is 28.6 Å². The summed E-state index contributed by atoms with van der Waals surface area (Å²) in [5.74, 6) is 1.23. The second-order valence-corrected chi connectivity index (χ2v) is 8.55. The maximum Gasteiger partial charge on any atom is 0.226 e. The molecule has 0 unspecified atom stereocenters. The molecule has 4 heterocycles. The molecule has 0 bridgehead atoms. The number of pyridine rings is 1. The van der Waals surface area contributed by atoms with Gasteiger partial charge in [-0.3, -0.25) is 9.78 Å². The molecule has 0 aliphatic carbocycles. The summed E-state index contributed by atoms with van der Waals surface area (Å²) in [4.78, 5) is 26.1. The molecular formula is C21H21N5O2S2. The van der Waals surface area contributed by atoms with Crippen LogP contribution in [0, 0.1) is 0 Å². The number of thiazole rings is 1. The number of carbonyl (C=O) groups excluding carboxylic acids is 1. The molecule has 0 atom stereocenters. The first-order valence-corrected chi connectivity index (χ1v) is 11.5. The average molecular weight is 440 g/mol. The van der Waals surface area contributed by atoms with Gasteiger partial charge in [0, 0.05) is 49.1 Å². The van der Waals surface area contributed by atoms with Gasteiger partial charge in [0.2, 0.25) is 17.6 Å². The summed E-state index contributed by atoms with van der Waals surface area (Å²) >= 11 is 3.22. The highest BCUT2D eigenvalue weighted by molar-refractivity contribution is 7.13. The number of aromatic nitrogens is 4. The monoisotopic (exact) mass is 439 g/mol. The molecule has 0 aliphatic heterocycles. The topological polar surface area (TPSA) is 93.8 Å². The largest absolute Gasteiger partial charge is 0.356 e. The highest BCUT2D eigenvalue weighted by atomic mass is 32.1. The van der Waals surface area contributed by atoms with Gasteiger partial charge >= 0.3 is 0 Å². The second kappa shape index (κ2) is 10.2. The van der Waals surface area contributed by atoms with Crippen molar-refractivity contribution in [2.24, 2.45) is 0 Å². The van der Waals surface area contributed by atoms with E-state index in [4.69, 9.17) is 4.52 Å². The highest BCUT2D eigenvalue weighted by Gasteiger charge is 2.10. The molecule has 0 fully saturated rings. The Bertz CT molecular complexity index is 1060. The van der Waals surface area contributed by atoms with Crippen LogP contribution in [0.4, 0.5) is 0 Å². The molecule has 0 radical (unpaired) electrons. The molecule has 0 saturated carbocycles. The Kier molecular flexibility index (Phi) is 6.94. The summed E-state index contributed by atoms with van der Waals surface area (Å²) in [6.07, 6.45) is 6.98. The zero-order valence-corrected chi connectivity index (χ0v) is 17.9. The molecule has 7 nitrogen and oxygen atoms in total. The molecule has 30 heavy (non-hydrogen) atoms. The van der Waals surface area contributed by atoms with Gasteiger partial charge in [0.1, 0.15) is 0 Å². The van der Waals surface area contributed by atoms with Crippen LogP contribution in [0.1, 0.15) is 30.2 Å². The van der Waals surface area contributed by atoms with E-state index in [-0.39, 0.29) is 5.91 Å². The van der Waals surface area contributed by atoms with E-state index in [1.165, 1.54) is 0 Å². The fourth-order valence-electron chi connectivity index (χ4n) is 2.90. The van der Waals surface area contributed by atoms with E-state index >= 15 is 0 Å². The molecule has 0 spiro atoms. The lowest BCUT2D eigenvalue weighted by Gasteiger charge is -2.03. The van der Waals surface area contributed by atoms with E-state index in [2.05, 4.69) is 30.8 Å². The number of hydrogen-bond donors (Lipinski definition) is 1. The van der Waals surface area contributed by atoms with Crippen LogP contribution in [-0.2, 0) is 17.6 Å². The standard InChI is InChI=1S/C21H21N5O2S2/c27-18(5-1-6-19-25-21(26-28-19)17-4-3-13-29-17)23-10-2-7-20-24-16(14-30-20)15-8-11-22-12-9-15/h3-4,8-9,11-14H,1-2,5-7,10H2,(H,23,27). The van der Waals surface area contributed by atoms with Gasteiger partial charge < -0.3 is 9.84 Å². The van der Waals surface area contributed by atoms with E-state index in [0.717, 1.165) is 34.0 Å². The van der Waals surface area contributed by atoms with Crippen molar-refractivity contribution in [3.63, 3.8) is 0 Å². The van der Waals surface area contributed by atoms with Gasteiger partial charge in [0.25, 0.3) is 0 Å². The number of carbonyl (C=O) groups is 1. The SMILES string of the molecule is O=C(CCCc1nc(-c2cccs2)no1)NCCCc1nc(-c2ccncc2)cs1. The maximum atomic E-state index is 12.0. The predicted molar refractivity (Wildman–Crippen MR) is 117 cm³/mol. The lowest BCUT2D eigenvalue weighted by Crippen LogP contribution is -2.24. The quantitative estimate of drug-likeness (QED) is 0.368. The van der Waals surface area contributed by atoms with E-state index in [1.54, 1.807) is 35.1 Å². The van der Waals surface area contributed by atoms with Crippen molar-refractivity contribution in [2.75, 3.05) is 6.54 Å². The Morgan fingerprint density at radius 2 is 1.97 bits per heavy atom. The summed E-state index contributed by atoms with van der Waals surface area (Å²) in [5, 5.41) is 12.1. The Balaban J connectivity index is 1.12. The Morgan fingerprint density at radius 1 is 1.07 bits per heavy atom. The Morgan fingerprint density at radius 3 is 2.80 bits per heavy atom. The van der Waals surface area contributed by atoms with Gasteiger partial charge in [-0.1, -0.05) is 11.2 Å². The van der Waals surface area contributed by atoms with Crippen molar-refractivity contribution < 1.29 is 9.32 Å². The summed E-state index contributed by atoms with van der Waals surface area (Å²) in [7, 11) is 0. The first-order valence-electron chi connectivity index (χ1n) is 9.76. The summed E-state index contributed by atoms with van der Waals surface area (Å²) in [6, 6.07) is 7.82. The number of rotatable bonds is 10. The third kappa shape index (κ3) is 5.58. The molecule has 4 aromatic rings. The van der Waals surface area contributed by atoms with E-state index in [0.29, 0.717) is 37.5 Å². The lowest BCUT2D eigenvalue weighted by atomic mass is 10.2. The van der Waals surface area contributed by atoms with Crippen LogP contribution in [0.25, 0.3) is 22.0 Å². The fraction of sp³-hybridized carbons (Fsp3) is 0.286. The van der Waals surface area contributed by atoms with E-state index < -0.39 is 0 Å². The molecule has 0 saturated heterocycles. The van der Waals surface area contributed by atoms with Gasteiger partial charge in [-0.05, 0) is 36.4 Å². The summed E-state index contributed by atoms with van der Waals surface area (Å²) < 4.78 is 5.26. The van der Waals surface area contributed by atoms with Crippen LogP contribution >= 0.6 is 22.7 Å². The summed E-state index contributed by atoms with van der Waals surface area (Å²) in [6.45, 7) is 0.645. The molecule has 154 valence electrons. The third-order valence-corrected chi connectivity index (χ3v) is 6.20. The number of nitrogens with zero attached hydrogens (tertiary/aromatic N) is 4. The molecule has 4 rings (SSSR count). The summed E-state index contributed by atoms with van der Waals surface area (Å²) in [5.41, 5.74) is 2.05. The van der Waals surface area contributed by atoms with Crippen molar-refractivity contribution in [3.05, 3.63) is 58.3 Å². The van der Waals surface area contributed by atoms with E-state index in [1.807, 2.05) is 29.6 Å². The van der Waals surface area contributed by atoms with Crippen molar-refractivity contribution in [1.82, 2.24) is 25.4 Å². The van der Waals surface area contributed by atoms with Crippen LogP contribution in [0.15, 0.2) is 51.9 Å². The highest BCUT2D eigenvalue weighted by Crippen LogP contribution is 2.22. The van der Waals surface area contributed by atoms with Gasteiger partial charge in [0.05, 0.1) is 15.6 Å². The van der Waals surface area contributed by atoms with Crippen LogP contribution in [0.2, 0.25) is 0 Å². The molecule has 0 aromatic carbocycles. The van der Waals surface area contributed by atoms with Gasteiger partial charge in [-0.25, -0.2) is 4.98 Å².